The third kappa shape index (κ3) is 11.3. The number of Topliss-reactive ketones (excluding diaryl/α,β-unsaturated/α-hetero) is 1. The number of amides is 1. The van der Waals surface area contributed by atoms with Gasteiger partial charge in [0.15, 0.2) is 18.4 Å². The number of aromatic carboxylic acids is 1. The van der Waals surface area contributed by atoms with Gasteiger partial charge in [-0.1, -0.05) is 50.8 Å². The number of aliphatic hydroxyl groups excluding tert-OH is 3. The van der Waals surface area contributed by atoms with E-state index in [0.717, 1.165) is 7.11 Å². The number of nitrogens with zero attached hydrogens (tertiary/aromatic N) is 1. The highest BCUT2D eigenvalue weighted by atomic mass is 33.1. The normalized spacial score (nSPS) is 30.2. The Morgan fingerprint density at radius 1 is 1.12 bits per heavy atom. The minimum absolute atomic E-state index is 0.0250. The van der Waals surface area contributed by atoms with Crippen LogP contribution in [0.3, 0.4) is 0 Å². The third-order valence-electron chi connectivity index (χ3n) is 12.1. The summed E-state index contributed by atoms with van der Waals surface area (Å²) >= 11 is 11.2. The van der Waals surface area contributed by atoms with Gasteiger partial charge in [-0.05, 0) is 77.5 Å². The Morgan fingerprint density at radius 3 is 2.56 bits per heavy atom. The number of alkyl carbamates (subject to hydrolysis) is 1. The number of ether oxygens (including phenoxy) is 6. The number of pyridine rings is 1. The van der Waals surface area contributed by atoms with Gasteiger partial charge in [0.05, 0.1) is 55.4 Å². The van der Waals surface area contributed by atoms with Crippen LogP contribution < -0.4 is 10.6 Å². The first-order valence-electron chi connectivity index (χ1n) is 21.7. The molecule has 2 fully saturated rings. The molecular formula is C47H54N4O14S3. The Kier molecular flexibility index (Phi) is 16.1. The number of hydrogen-bond acceptors (Lipinski definition) is 17. The molecule has 8 N–H and O–H groups in total. The minimum Gasteiger partial charge on any atom is -0.508 e. The quantitative estimate of drug-likeness (QED) is 0.114. The molecule has 3 aromatic rings. The molecule has 4 aliphatic rings. The number of nitrogens with one attached hydrogen (secondary N) is 3. The van der Waals surface area contributed by atoms with Crippen molar-refractivity contribution in [1.82, 2.24) is 20.6 Å². The second-order valence-electron chi connectivity index (χ2n) is 17.2. The topological polar surface area (TPSA) is 260 Å². The molecule has 0 spiro atoms. The summed E-state index contributed by atoms with van der Waals surface area (Å²) in [5, 5.41) is 64.2. The van der Waals surface area contributed by atoms with Crippen LogP contribution in [0.2, 0.25) is 0 Å². The highest BCUT2D eigenvalue weighted by Crippen LogP contribution is 2.42. The van der Waals surface area contributed by atoms with Crippen LogP contribution in [0.15, 0.2) is 59.2 Å². The number of allylic oxidation sites excluding steroid dienone is 2. The highest BCUT2D eigenvalue weighted by molar-refractivity contribution is 8.56. The van der Waals surface area contributed by atoms with Crippen molar-refractivity contribution in [3.63, 3.8) is 0 Å². The Hall–Kier alpha value is -4.85. The zero-order valence-corrected chi connectivity index (χ0v) is 40.4. The van der Waals surface area contributed by atoms with E-state index in [0.29, 0.717) is 16.3 Å². The van der Waals surface area contributed by atoms with Crippen LogP contribution in [0.1, 0.15) is 55.9 Å². The van der Waals surface area contributed by atoms with E-state index in [1.807, 2.05) is 13.8 Å². The molecule has 2 aromatic heterocycles. The molecule has 18 nitrogen and oxygen atoms in total. The molecule has 364 valence electrons. The first-order valence-corrected chi connectivity index (χ1v) is 25.8. The summed E-state index contributed by atoms with van der Waals surface area (Å²) in [4.78, 5) is 46.7. The van der Waals surface area contributed by atoms with Gasteiger partial charge in [0.2, 0.25) is 0 Å². The van der Waals surface area contributed by atoms with Crippen LogP contribution in [0, 0.1) is 29.6 Å². The molecule has 68 heavy (non-hydrogen) atoms. The Morgan fingerprint density at radius 2 is 1.87 bits per heavy atom. The number of aromatic amines is 1. The van der Waals surface area contributed by atoms with E-state index in [1.54, 1.807) is 32.4 Å². The lowest BCUT2D eigenvalue weighted by Crippen LogP contribution is -2.60. The van der Waals surface area contributed by atoms with Gasteiger partial charge in [0.1, 0.15) is 35.8 Å². The lowest BCUT2D eigenvalue weighted by atomic mass is 9.83. The van der Waals surface area contributed by atoms with Crippen LogP contribution in [-0.2, 0) is 62.7 Å². The second-order valence-corrected chi connectivity index (χ2v) is 24.5. The van der Waals surface area contributed by atoms with Crippen molar-refractivity contribution in [3.8, 4) is 29.4 Å². The molecule has 1 amide bonds. The van der Waals surface area contributed by atoms with Crippen molar-refractivity contribution in [3.05, 3.63) is 70.6 Å². The summed E-state index contributed by atoms with van der Waals surface area (Å²) in [6.07, 6.45) is -6.92. The van der Waals surface area contributed by atoms with E-state index in [1.165, 1.54) is 30.4 Å². The van der Waals surface area contributed by atoms with Crippen LogP contribution in [0.5, 0.6) is 5.75 Å². The van der Waals surface area contributed by atoms with Gasteiger partial charge in [-0.25, -0.2) is 14.6 Å². The van der Waals surface area contributed by atoms with Crippen molar-refractivity contribution in [1.29, 1.82) is 0 Å². The molecule has 0 saturated carbocycles. The third-order valence-corrected chi connectivity index (χ3v) is 13.7. The number of carboxylic acid groups (broad SMARTS) is 1. The molecule has 10 unspecified atom stereocenters. The summed E-state index contributed by atoms with van der Waals surface area (Å²) in [7, 11) is 0.629. The molecule has 2 aliphatic carbocycles. The molecule has 1 aromatic carbocycles. The molecule has 4 heterocycles. The Labute approximate surface area is 402 Å². The summed E-state index contributed by atoms with van der Waals surface area (Å²) in [6, 6.07) is 4.27. The van der Waals surface area contributed by atoms with Gasteiger partial charge in [0.25, 0.3) is 0 Å². The van der Waals surface area contributed by atoms with E-state index in [2.05, 4.69) is 44.3 Å². The number of H-pyrrole nitrogens is 1. The summed E-state index contributed by atoms with van der Waals surface area (Å²) in [5.41, 5.74) is 0.538. The predicted octanol–water partition coefficient (Wildman–Crippen LogP) is 2.34. The highest BCUT2D eigenvalue weighted by Gasteiger charge is 2.52. The molecule has 7 rings (SSSR count). The molecule has 21 heteroatoms. The molecule has 12 atom stereocenters. The number of phenolic OH excluding ortho intramolecular Hbond substituents is 1. The molecule has 2 saturated heterocycles. The van der Waals surface area contributed by atoms with E-state index in [4.69, 9.17) is 50.8 Å². The summed E-state index contributed by atoms with van der Waals surface area (Å²) in [6.45, 7) is 5.70. The summed E-state index contributed by atoms with van der Waals surface area (Å²) < 4.78 is 37.0. The number of carbonyl (C=O) groups excluding carboxylic acids is 2. The second kappa shape index (κ2) is 21.4. The maximum absolute atomic E-state index is 13.9. The predicted molar refractivity (Wildman–Crippen MR) is 256 cm³/mol. The molecule has 2 aliphatic heterocycles. The number of carbonyl (C=O) groups is 3. The number of methoxy groups -OCH3 is 2. The minimum atomic E-state index is -2.07. The number of aromatic nitrogens is 2. The number of hydrogen-bond donors (Lipinski definition) is 8. The Balaban J connectivity index is 1.35. The number of phenols is 1. The van der Waals surface area contributed by atoms with Gasteiger partial charge in [-0.2, -0.15) is 0 Å². The van der Waals surface area contributed by atoms with Crippen LogP contribution >= 0.6 is 0 Å². The van der Waals surface area contributed by atoms with Gasteiger partial charge in [-0.3, -0.25) is 4.79 Å². The van der Waals surface area contributed by atoms with Crippen molar-refractivity contribution >= 4 is 69.2 Å². The fourth-order valence-corrected chi connectivity index (χ4v) is 9.85. The SMILES string of the molecule is COC(=O)NC1C(=O)C[C@H](O)/C(=C/CS(C)(=S)=S)C2=C1C#C/C=C\C#C[C@@H]2OC1OC(C)C(C(O)c2nc(C(=O)O)cc3c2[nH]c2ccc(O)cc23)C(O)C1OC1CC(OC)C(NC(C)C)CO1. The molecular weight excluding hydrogens is 941 g/mol. The number of fused-ring (bicyclic) bond motifs is 3. The van der Waals surface area contributed by atoms with Crippen LogP contribution in [0.4, 0.5) is 4.79 Å². The van der Waals surface area contributed by atoms with Gasteiger partial charge in [0, 0.05) is 65.1 Å². The largest absolute Gasteiger partial charge is 0.508 e. The Bertz CT molecular complexity index is 2790. The van der Waals surface area contributed by atoms with E-state index in [-0.39, 0.29) is 64.5 Å². The zero-order valence-electron chi connectivity index (χ0n) is 38.0. The fraction of sp³-hybridized carbons (Fsp3) is 0.489. The zero-order chi connectivity index (χ0) is 49.2. The summed E-state index contributed by atoms with van der Waals surface area (Å²) in [5.74, 6) is 8.54. The van der Waals surface area contributed by atoms with E-state index in [9.17, 15) is 39.9 Å². The number of aromatic hydroxyl groups is 1. The monoisotopic (exact) mass is 994 g/mol. The maximum Gasteiger partial charge on any atom is 0.407 e. The van der Waals surface area contributed by atoms with Crippen molar-refractivity contribution in [2.24, 2.45) is 5.92 Å². The number of carboxylic acids is 1. The van der Waals surface area contributed by atoms with Gasteiger partial charge in [-0.15, -0.1) is 0 Å². The fourth-order valence-electron chi connectivity index (χ4n) is 8.96. The first kappa shape index (κ1) is 51.0. The average molecular weight is 995 g/mol. The van der Waals surface area contributed by atoms with Crippen LogP contribution in [-0.4, -0.2) is 154 Å². The molecule has 0 radical (unpaired) electrons. The lowest BCUT2D eigenvalue weighted by Gasteiger charge is -2.47. The van der Waals surface area contributed by atoms with Crippen molar-refractivity contribution in [2.75, 3.05) is 32.8 Å². The average Bonchev–Trinajstić information content (AvgIpc) is 3.64. The van der Waals surface area contributed by atoms with E-state index >= 15 is 0 Å². The van der Waals surface area contributed by atoms with Crippen molar-refractivity contribution < 1.29 is 68.3 Å². The molecule has 0 bridgehead atoms. The lowest BCUT2D eigenvalue weighted by molar-refractivity contribution is -0.338. The smallest absolute Gasteiger partial charge is 0.407 e. The number of rotatable bonds is 13. The number of benzene rings is 1. The first-order chi connectivity index (χ1) is 32.3. The van der Waals surface area contributed by atoms with Crippen LogP contribution in [0.25, 0.3) is 21.8 Å². The van der Waals surface area contributed by atoms with Crippen molar-refractivity contribution in [2.45, 2.75) is 107 Å². The van der Waals surface area contributed by atoms with Gasteiger partial charge < -0.3 is 69.6 Å². The standard InChI is InChI=1S/C47H54N4O14S3/c1-22(2)48-31-21-62-36(20-35(31)60-4)65-44-43(56)37(42(55)41-40-28(18-30(50-41)45(57)58)27-17-24(52)13-14-29(27)49-40)23(3)63-46(44)64-34-12-10-8-7-9-11-26-38(34)25(15-16-68(6,66)67)32(53)19-33(54)39(26)51-47(59)61-5/h7-8,13-15,17-18,22-23,31-32,34-37,39,42-44,46,48-49,52-53,55-56H,16,19-21H2,1-6H3,(H,51,59)(H,57,58)/b8-7-,25-15-/t23?,31?,32-,34-,35?,36?,37?,39?,42?,43?,44?,46?/m0/s1. The number of ketones is 1. The van der Waals surface area contributed by atoms with Gasteiger partial charge >= 0.3 is 12.1 Å². The number of aliphatic hydroxyl groups is 3. The maximum atomic E-state index is 13.9. The van der Waals surface area contributed by atoms with E-state index < -0.39 is 104 Å².